The van der Waals surface area contributed by atoms with Crippen LogP contribution in [0.15, 0.2) is 12.1 Å². The molecule has 1 aromatic carbocycles. The van der Waals surface area contributed by atoms with Crippen LogP contribution in [-0.4, -0.2) is 10.2 Å². The summed E-state index contributed by atoms with van der Waals surface area (Å²) in [5, 5.41) is 18.8. The van der Waals surface area contributed by atoms with Gasteiger partial charge in [0.25, 0.3) is 0 Å². The van der Waals surface area contributed by atoms with Gasteiger partial charge in [-0.1, -0.05) is 13.3 Å². The van der Waals surface area contributed by atoms with E-state index in [0.29, 0.717) is 5.56 Å². The lowest BCUT2D eigenvalue weighted by molar-refractivity contribution is 0.441. The van der Waals surface area contributed by atoms with Crippen molar-refractivity contribution in [1.82, 2.24) is 0 Å². The number of aromatic hydroxyl groups is 2. The molecule has 1 rings (SSSR count). The minimum absolute atomic E-state index is 0.186. The zero-order valence-corrected chi connectivity index (χ0v) is 8.17. The second-order valence-electron chi connectivity index (χ2n) is 3.36. The molecule has 0 spiro atoms. The second kappa shape index (κ2) is 4.17. The van der Waals surface area contributed by atoms with Gasteiger partial charge in [-0.15, -0.1) is 0 Å². The summed E-state index contributed by atoms with van der Waals surface area (Å²) in [5.74, 6) is 0.372. The van der Waals surface area contributed by atoms with Crippen LogP contribution in [0.25, 0.3) is 0 Å². The van der Waals surface area contributed by atoms with E-state index in [0.717, 1.165) is 24.8 Å². The highest BCUT2D eigenvalue weighted by Gasteiger charge is 2.04. The van der Waals surface area contributed by atoms with Gasteiger partial charge in [-0.25, -0.2) is 0 Å². The molecule has 0 aliphatic rings. The Morgan fingerprint density at radius 1 is 1.15 bits per heavy atom. The molecule has 2 N–H and O–H groups in total. The molecule has 2 heteroatoms. The lowest BCUT2D eigenvalue weighted by atomic mass is 10.1. The molecule has 13 heavy (non-hydrogen) atoms. The van der Waals surface area contributed by atoms with Crippen LogP contribution < -0.4 is 0 Å². The highest BCUT2D eigenvalue weighted by Crippen LogP contribution is 2.28. The van der Waals surface area contributed by atoms with Gasteiger partial charge in [0.15, 0.2) is 0 Å². The van der Waals surface area contributed by atoms with E-state index in [1.807, 2.05) is 0 Å². The van der Waals surface area contributed by atoms with Gasteiger partial charge in [0.2, 0.25) is 0 Å². The third-order valence-electron chi connectivity index (χ3n) is 2.23. The van der Waals surface area contributed by atoms with Crippen molar-refractivity contribution in [3.8, 4) is 11.5 Å². The molecule has 1 aromatic rings. The van der Waals surface area contributed by atoms with Crippen LogP contribution in [0.4, 0.5) is 0 Å². The Morgan fingerprint density at radius 3 is 2.15 bits per heavy atom. The Hall–Kier alpha value is -1.18. The molecular formula is C11H16O2. The highest BCUT2D eigenvalue weighted by molar-refractivity contribution is 5.45. The van der Waals surface area contributed by atoms with Gasteiger partial charge in [0.05, 0.1) is 0 Å². The molecule has 0 unspecified atom stereocenters. The number of unbranched alkanes of at least 4 members (excludes halogenated alkanes) is 1. The predicted molar refractivity (Wildman–Crippen MR) is 53.1 cm³/mol. The van der Waals surface area contributed by atoms with Crippen molar-refractivity contribution >= 4 is 0 Å². The van der Waals surface area contributed by atoms with Crippen molar-refractivity contribution in [2.75, 3.05) is 0 Å². The van der Waals surface area contributed by atoms with E-state index in [1.54, 1.807) is 19.1 Å². The molecule has 0 atom stereocenters. The van der Waals surface area contributed by atoms with Gasteiger partial charge >= 0.3 is 0 Å². The Kier molecular flexibility index (Phi) is 3.18. The number of hydrogen-bond acceptors (Lipinski definition) is 2. The maximum Gasteiger partial charge on any atom is 0.122 e. The predicted octanol–water partition coefficient (Wildman–Crippen LogP) is 2.75. The summed E-state index contributed by atoms with van der Waals surface area (Å²) in [7, 11) is 0. The lowest BCUT2D eigenvalue weighted by Gasteiger charge is -2.05. The van der Waals surface area contributed by atoms with Crippen molar-refractivity contribution < 1.29 is 10.2 Å². The minimum Gasteiger partial charge on any atom is -0.508 e. The third-order valence-corrected chi connectivity index (χ3v) is 2.23. The summed E-state index contributed by atoms with van der Waals surface area (Å²) in [6.07, 6.45) is 3.12. The van der Waals surface area contributed by atoms with Crippen molar-refractivity contribution in [1.29, 1.82) is 0 Å². The molecule has 0 fully saturated rings. The van der Waals surface area contributed by atoms with Crippen LogP contribution in [0.2, 0.25) is 0 Å². The molecular weight excluding hydrogens is 164 g/mol. The molecule has 0 amide bonds. The van der Waals surface area contributed by atoms with E-state index in [9.17, 15) is 10.2 Å². The zero-order valence-electron chi connectivity index (χ0n) is 8.17. The van der Waals surface area contributed by atoms with E-state index < -0.39 is 0 Å². The fourth-order valence-electron chi connectivity index (χ4n) is 1.27. The Labute approximate surface area is 78.8 Å². The SMILES string of the molecule is CCCCc1cc(O)c(C)c(O)c1. The number of hydrogen-bond donors (Lipinski definition) is 2. The normalized spacial score (nSPS) is 10.3. The van der Waals surface area contributed by atoms with Gasteiger partial charge in [-0.05, 0) is 37.5 Å². The van der Waals surface area contributed by atoms with Crippen molar-refractivity contribution in [2.45, 2.75) is 33.1 Å². The zero-order chi connectivity index (χ0) is 9.84. The summed E-state index contributed by atoms with van der Waals surface area (Å²) < 4.78 is 0. The number of phenols is 2. The van der Waals surface area contributed by atoms with E-state index in [4.69, 9.17) is 0 Å². The molecule has 0 radical (unpaired) electrons. The third kappa shape index (κ3) is 2.38. The van der Waals surface area contributed by atoms with Crippen molar-refractivity contribution in [3.63, 3.8) is 0 Å². The molecule has 0 saturated heterocycles. The van der Waals surface area contributed by atoms with Crippen LogP contribution >= 0.6 is 0 Å². The molecule has 0 aliphatic carbocycles. The van der Waals surface area contributed by atoms with E-state index in [-0.39, 0.29) is 11.5 Å². The summed E-state index contributed by atoms with van der Waals surface area (Å²) >= 11 is 0. The number of aryl methyl sites for hydroxylation is 1. The van der Waals surface area contributed by atoms with Crippen LogP contribution in [0, 0.1) is 6.92 Å². The summed E-state index contributed by atoms with van der Waals surface area (Å²) in [4.78, 5) is 0. The van der Waals surface area contributed by atoms with Crippen molar-refractivity contribution in [2.24, 2.45) is 0 Å². The Balaban J connectivity index is 2.86. The first-order valence-corrected chi connectivity index (χ1v) is 4.66. The monoisotopic (exact) mass is 180 g/mol. The fraction of sp³-hybridized carbons (Fsp3) is 0.455. The minimum atomic E-state index is 0.186. The fourth-order valence-corrected chi connectivity index (χ4v) is 1.27. The van der Waals surface area contributed by atoms with E-state index in [1.165, 1.54) is 0 Å². The maximum absolute atomic E-state index is 9.42. The van der Waals surface area contributed by atoms with Gasteiger partial charge in [0.1, 0.15) is 11.5 Å². The van der Waals surface area contributed by atoms with Crippen LogP contribution in [-0.2, 0) is 6.42 Å². The largest absolute Gasteiger partial charge is 0.508 e. The molecule has 0 saturated carbocycles. The summed E-state index contributed by atoms with van der Waals surface area (Å²) in [5.41, 5.74) is 1.56. The van der Waals surface area contributed by atoms with E-state index in [2.05, 4.69) is 6.92 Å². The van der Waals surface area contributed by atoms with Gasteiger partial charge in [0, 0.05) is 5.56 Å². The first-order valence-electron chi connectivity index (χ1n) is 4.66. The first kappa shape index (κ1) is 9.90. The molecule has 0 aliphatic heterocycles. The number of phenolic OH excluding ortho intramolecular Hbond substituents is 2. The smallest absolute Gasteiger partial charge is 0.122 e. The molecule has 0 aromatic heterocycles. The molecule has 0 bridgehead atoms. The Bertz CT molecular complexity index is 269. The van der Waals surface area contributed by atoms with Crippen LogP contribution in [0.5, 0.6) is 11.5 Å². The standard InChI is InChI=1S/C11H16O2/c1-3-4-5-9-6-10(12)8(2)11(13)7-9/h6-7,12-13H,3-5H2,1-2H3. The molecule has 2 nitrogen and oxygen atoms in total. The van der Waals surface area contributed by atoms with E-state index >= 15 is 0 Å². The Morgan fingerprint density at radius 2 is 1.69 bits per heavy atom. The average Bonchev–Trinajstić information content (AvgIpc) is 2.10. The van der Waals surface area contributed by atoms with Gasteiger partial charge in [-0.2, -0.15) is 0 Å². The number of benzene rings is 1. The lowest BCUT2D eigenvalue weighted by Crippen LogP contribution is -1.86. The van der Waals surface area contributed by atoms with Crippen LogP contribution in [0.3, 0.4) is 0 Å². The topological polar surface area (TPSA) is 40.5 Å². The second-order valence-corrected chi connectivity index (χ2v) is 3.36. The molecule has 72 valence electrons. The quantitative estimate of drug-likeness (QED) is 0.750. The van der Waals surface area contributed by atoms with Crippen molar-refractivity contribution in [3.05, 3.63) is 23.3 Å². The van der Waals surface area contributed by atoms with Gasteiger partial charge < -0.3 is 10.2 Å². The van der Waals surface area contributed by atoms with Crippen LogP contribution in [0.1, 0.15) is 30.9 Å². The average molecular weight is 180 g/mol. The summed E-state index contributed by atoms with van der Waals surface area (Å²) in [6, 6.07) is 3.45. The first-order chi connectivity index (χ1) is 6.15. The molecule has 0 heterocycles. The summed E-state index contributed by atoms with van der Waals surface area (Å²) in [6.45, 7) is 3.82. The highest BCUT2D eigenvalue weighted by atomic mass is 16.3. The number of rotatable bonds is 3. The maximum atomic E-state index is 9.42. The van der Waals surface area contributed by atoms with Gasteiger partial charge in [-0.3, -0.25) is 0 Å².